The summed E-state index contributed by atoms with van der Waals surface area (Å²) in [4.78, 5) is 24.5. The summed E-state index contributed by atoms with van der Waals surface area (Å²) in [5.74, 6) is -0.602. The first kappa shape index (κ1) is 65.6. The van der Waals surface area contributed by atoms with Crippen molar-refractivity contribution in [1.82, 2.24) is 0 Å². The molecule has 0 radical (unpaired) electrons. The number of aliphatic hydroxyl groups excluding tert-OH is 1. The molecule has 0 aliphatic heterocycles. The molecule has 0 saturated carbocycles. The average Bonchev–Trinajstić information content (AvgIpc) is 3.34. The minimum atomic E-state index is -0.784. The smallest absolute Gasteiger partial charge is 0.306 e. The zero-order valence-electron chi connectivity index (χ0n) is 45.4. The fourth-order valence-corrected chi connectivity index (χ4v) is 8.88. The molecule has 0 bridgehead atoms. The number of carbonyl (C=O) groups excluding carboxylic acids is 2. The first-order valence-corrected chi connectivity index (χ1v) is 29.8. The number of ether oxygens (including phenoxy) is 2. The van der Waals surface area contributed by atoms with Crippen molar-refractivity contribution in [3.63, 3.8) is 0 Å². The number of carbonyl (C=O) groups is 2. The molecule has 0 rings (SSSR count). The van der Waals surface area contributed by atoms with Gasteiger partial charge in [-0.3, -0.25) is 9.59 Å². The Morgan fingerprint density at radius 1 is 0.353 bits per heavy atom. The Kier molecular flexibility index (Phi) is 56.8. The molecule has 396 valence electrons. The van der Waals surface area contributed by atoms with E-state index in [1.165, 1.54) is 193 Å². The summed E-state index contributed by atoms with van der Waals surface area (Å²) >= 11 is 0. The van der Waals surface area contributed by atoms with Crippen LogP contribution in [0.2, 0.25) is 0 Å². The first-order valence-electron chi connectivity index (χ1n) is 29.8. The van der Waals surface area contributed by atoms with Gasteiger partial charge in [-0.25, -0.2) is 0 Å². The fourth-order valence-electron chi connectivity index (χ4n) is 8.88. The Hall–Kier alpha value is -2.40. The van der Waals surface area contributed by atoms with Crippen LogP contribution in [-0.2, 0) is 19.1 Å². The fraction of sp³-hybridized carbons (Fsp3) is 0.810. The standard InChI is InChI=1S/C63H114O5/c1-3-5-7-9-11-13-15-17-19-21-23-25-26-27-28-29-30-31-32-33-34-35-36-38-39-41-43-45-47-49-51-53-55-57-62(65)67-60-61(59-64)68-63(66)58-56-54-52-50-48-46-44-42-40-37-24-22-20-18-16-14-12-10-8-6-4-2/h6,8,12,14,18,20,24,37,42,44,61,64H,3-5,7,9-11,13,15-17,19,21-23,25-36,38-41,43,45-60H2,1-2H3/b8-6-,14-12-,20-18-,37-24-,44-42-. The molecule has 1 N–H and O–H groups in total. The maximum absolute atomic E-state index is 12.3. The minimum Gasteiger partial charge on any atom is -0.462 e. The molecule has 0 aliphatic carbocycles. The van der Waals surface area contributed by atoms with Crippen LogP contribution in [0.3, 0.4) is 0 Å². The van der Waals surface area contributed by atoms with Gasteiger partial charge in [0.25, 0.3) is 0 Å². The monoisotopic (exact) mass is 951 g/mol. The summed E-state index contributed by atoms with van der Waals surface area (Å²) < 4.78 is 10.7. The zero-order chi connectivity index (χ0) is 49.2. The van der Waals surface area contributed by atoms with Gasteiger partial charge < -0.3 is 14.6 Å². The number of allylic oxidation sites excluding steroid dienone is 10. The van der Waals surface area contributed by atoms with Crippen molar-refractivity contribution in [2.45, 2.75) is 315 Å². The molecular formula is C63H114O5. The average molecular weight is 952 g/mol. The molecule has 5 heteroatoms. The maximum atomic E-state index is 12.3. The van der Waals surface area contributed by atoms with Crippen LogP contribution in [0.15, 0.2) is 60.8 Å². The Morgan fingerprint density at radius 2 is 0.632 bits per heavy atom. The van der Waals surface area contributed by atoms with Crippen LogP contribution in [0, 0.1) is 0 Å². The van der Waals surface area contributed by atoms with Gasteiger partial charge in [-0.05, 0) is 57.8 Å². The topological polar surface area (TPSA) is 72.8 Å². The molecule has 5 nitrogen and oxygen atoms in total. The molecular weight excluding hydrogens is 837 g/mol. The summed E-state index contributed by atoms with van der Waals surface area (Å²) in [7, 11) is 0. The van der Waals surface area contributed by atoms with Crippen molar-refractivity contribution < 1.29 is 24.2 Å². The lowest BCUT2D eigenvalue weighted by Gasteiger charge is -2.15. The number of unbranched alkanes of at least 4 members (excludes halogenated alkanes) is 37. The van der Waals surface area contributed by atoms with Gasteiger partial charge in [0.15, 0.2) is 6.10 Å². The number of hydrogen-bond donors (Lipinski definition) is 1. The van der Waals surface area contributed by atoms with Gasteiger partial charge in [-0.2, -0.15) is 0 Å². The second kappa shape index (κ2) is 58.9. The molecule has 0 aliphatic rings. The van der Waals surface area contributed by atoms with Gasteiger partial charge in [-0.15, -0.1) is 0 Å². The second-order valence-electron chi connectivity index (χ2n) is 20.1. The summed E-state index contributed by atoms with van der Waals surface area (Å²) in [6.45, 7) is 4.05. The molecule has 0 aromatic heterocycles. The van der Waals surface area contributed by atoms with Gasteiger partial charge in [0.1, 0.15) is 6.61 Å². The van der Waals surface area contributed by atoms with Gasteiger partial charge in [-0.1, -0.05) is 299 Å². The van der Waals surface area contributed by atoms with Crippen molar-refractivity contribution in [2.75, 3.05) is 13.2 Å². The Balaban J connectivity index is 3.44. The molecule has 0 aromatic carbocycles. The highest BCUT2D eigenvalue weighted by Crippen LogP contribution is 2.18. The van der Waals surface area contributed by atoms with E-state index in [1.807, 2.05) is 0 Å². The highest BCUT2D eigenvalue weighted by molar-refractivity contribution is 5.70. The number of esters is 2. The van der Waals surface area contributed by atoms with E-state index >= 15 is 0 Å². The molecule has 1 unspecified atom stereocenters. The van der Waals surface area contributed by atoms with Gasteiger partial charge in [0, 0.05) is 12.8 Å². The van der Waals surface area contributed by atoms with Crippen molar-refractivity contribution in [3.05, 3.63) is 60.8 Å². The van der Waals surface area contributed by atoms with E-state index in [1.54, 1.807) is 0 Å². The lowest BCUT2D eigenvalue weighted by molar-refractivity contribution is -0.161. The largest absolute Gasteiger partial charge is 0.462 e. The van der Waals surface area contributed by atoms with E-state index in [0.717, 1.165) is 89.9 Å². The molecule has 0 amide bonds. The van der Waals surface area contributed by atoms with E-state index in [0.29, 0.717) is 12.8 Å². The van der Waals surface area contributed by atoms with Crippen LogP contribution < -0.4 is 0 Å². The van der Waals surface area contributed by atoms with Crippen LogP contribution in [0.4, 0.5) is 0 Å². The normalized spacial score (nSPS) is 12.6. The molecule has 1 atom stereocenters. The number of hydrogen-bond acceptors (Lipinski definition) is 5. The van der Waals surface area contributed by atoms with E-state index in [-0.39, 0.29) is 25.2 Å². The third-order valence-electron chi connectivity index (χ3n) is 13.3. The zero-order valence-corrected chi connectivity index (χ0v) is 45.4. The molecule has 68 heavy (non-hydrogen) atoms. The number of aliphatic hydroxyl groups is 1. The van der Waals surface area contributed by atoms with Crippen LogP contribution in [-0.4, -0.2) is 36.4 Å². The van der Waals surface area contributed by atoms with Crippen LogP contribution in [0.1, 0.15) is 309 Å². The molecule has 0 aromatic rings. The van der Waals surface area contributed by atoms with E-state index in [9.17, 15) is 14.7 Å². The number of rotatable bonds is 55. The van der Waals surface area contributed by atoms with Crippen LogP contribution >= 0.6 is 0 Å². The molecule has 0 fully saturated rings. The summed E-state index contributed by atoms with van der Waals surface area (Å²) in [6, 6.07) is 0. The first-order chi connectivity index (χ1) is 33.6. The van der Waals surface area contributed by atoms with Gasteiger partial charge >= 0.3 is 11.9 Å². The molecule has 0 spiro atoms. The Bertz CT molecular complexity index is 1170. The van der Waals surface area contributed by atoms with Gasteiger partial charge in [0.05, 0.1) is 6.61 Å². The Labute approximate surface area is 423 Å². The second-order valence-corrected chi connectivity index (χ2v) is 20.1. The van der Waals surface area contributed by atoms with E-state index < -0.39 is 6.10 Å². The third-order valence-corrected chi connectivity index (χ3v) is 13.3. The summed E-state index contributed by atoms with van der Waals surface area (Å²) in [6.07, 6.45) is 79.3. The third kappa shape index (κ3) is 56.2. The maximum Gasteiger partial charge on any atom is 0.306 e. The van der Waals surface area contributed by atoms with Crippen molar-refractivity contribution in [3.8, 4) is 0 Å². The Morgan fingerprint density at radius 3 is 0.956 bits per heavy atom. The van der Waals surface area contributed by atoms with E-state index in [4.69, 9.17) is 9.47 Å². The van der Waals surface area contributed by atoms with Crippen molar-refractivity contribution in [1.29, 1.82) is 0 Å². The SMILES string of the molecule is CC/C=C\C/C=C\C/C=C\C/C=C\C/C=C\CCCCCCCC(=O)OC(CO)COC(=O)CCCCCCCCCCCCCCCCCCCCCCCCCCCCCCCCCCC. The van der Waals surface area contributed by atoms with E-state index in [2.05, 4.69) is 74.6 Å². The highest BCUT2D eigenvalue weighted by atomic mass is 16.6. The quantitative estimate of drug-likeness (QED) is 0.0374. The van der Waals surface area contributed by atoms with Crippen LogP contribution in [0.5, 0.6) is 0 Å². The minimum absolute atomic E-state index is 0.0729. The lowest BCUT2D eigenvalue weighted by atomic mass is 10.0. The van der Waals surface area contributed by atoms with Crippen molar-refractivity contribution in [2.24, 2.45) is 0 Å². The van der Waals surface area contributed by atoms with Crippen LogP contribution in [0.25, 0.3) is 0 Å². The highest BCUT2D eigenvalue weighted by Gasteiger charge is 2.16. The van der Waals surface area contributed by atoms with Gasteiger partial charge in [0.2, 0.25) is 0 Å². The molecule has 0 heterocycles. The summed E-state index contributed by atoms with van der Waals surface area (Å²) in [5.41, 5.74) is 0. The predicted octanol–water partition coefficient (Wildman–Crippen LogP) is 20.2. The lowest BCUT2D eigenvalue weighted by Crippen LogP contribution is -2.28. The van der Waals surface area contributed by atoms with Crippen molar-refractivity contribution >= 4 is 11.9 Å². The predicted molar refractivity (Wildman–Crippen MR) is 297 cm³/mol. The molecule has 0 saturated heterocycles. The summed E-state index contributed by atoms with van der Waals surface area (Å²) in [5, 5.41) is 9.65.